The van der Waals surface area contributed by atoms with E-state index in [2.05, 4.69) is 91.0 Å². The van der Waals surface area contributed by atoms with Crippen LogP contribution in [0.25, 0.3) is 0 Å². The Morgan fingerprint density at radius 1 is 0.519 bits per heavy atom. The third-order valence-electron chi connectivity index (χ3n) is 3.74. The number of hydrogen-bond donors (Lipinski definition) is 0. The molecule has 0 saturated heterocycles. The molecular weight excluding hydrogens is 407 g/mol. The maximum absolute atomic E-state index is 4.89. The molecule has 0 nitrogen and oxygen atoms in total. The van der Waals surface area contributed by atoms with E-state index in [0.717, 1.165) is 0 Å². The van der Waals surface area contributed by atoms with E-state index >= 15 is 0 Å². The predicted octanol–water partition coefficient (Wildman–Crippen LogP) is 7.49. The van der Waals surface area contributed by atoms with Gasteiger partial charge in [-0.1, -0.05) is 114 Å². The fourth-order valence-corrected chi connectivity index (χ4v) is 2.64. The molecule has 0 unspecified atom stereocenters. The molecular formula is C24H20Cl2Ti-2. The Labute approximate surface area is 178 Å². The Kier molecular flexibility index (Phi) is 10.6. The van der Waals surface area contributed by atoms with Gasteiger partial charge in [0.15, 0.2) is 0 Å². The first-order chi connectivity index (χ1) is 13.4. The van der Waals surface area contributed by atoms with E-state index in [9.17, 15) is 0 Å². The van der Waals surface area contributed by atoms with Gasteiger partial charge in [0, 0.05) is 0 Å². The summed E-state index contributed by atoms with van der Waals surface area (Å²) in [6, 6.07) is 41.6. The summed E-state index contributed by atoms with van der Waals surface area (Å²) < 4.78 is 0. The van der Waals surface area contributed by atoms with Gasteiger partial charge in [-0.25, -0.2) is 12.1 Å². The Morgan fingerprint density at radius 2 is 0.815 bits per heavy atom. The molecule has 0 radical (unpaired) electrons. The van der Waals surface area contributed by atoms with Crippen molar-refractivity contribution in [1.82, 2.24) is 0 Å². The van der Waals surface area contributed by atoms with Crippen LogP contribution < -0.4 is 0 Å². The molecule has 0 saturated carbocycles. The van der Waals surface area contributed by atoms with Gasteiger partial charge in [0.25, 0.3) is 0 Å². The molecule has 0 spiro atoms. The summed E-state index contributed by atoms with van der Waals surface area (Å²) in [5.41, 5.74) is 3.75. The van der Waals surface area contributed by atoms with Gasteiger partial charge in [-0.05, 0) is 0 Å². The molecule has 4 aromatic rings. The Bertz CT molecular complexity index is 705. The topological polar surface area (TPSA) is 0 Å². The molecule has 4 rings (SSSR count). The normalized spacial score (nSPS) is 9.11. The summed E-state index contributed by atoms with van der Waals surface area (Å²) in [5, 5.41) is 0. The average molecular weight is 427 g/mol. The van der Waals surface area contributed by atoms with Gasteiger partial charge in [0.1, 0.15) is 0 Å². The SMILES string of the molecule is [Cl][Ti][Cl].c1cc[cH-]c1.c1ccc([C-](c2ccccc2)c2ccccc2)cc1. The summed E-state index contributed by atoms with van der Waals surface area (Å²) in [6.07, 6.45) is 0. The van der Waals surface area contributed by atoms with Crippen LogP contribution in [0.1, 0.15) is 16.7 Å². The van der Waals surface area contributed by atoms with Crippen LogP contribution in [0.2, 0.25) is 0 Å². The van der Waals surface area contributed by atoms with Gasteiger partial charge in [0.05, 0.1) is 0 Å². The van der Waals surface area contributed by atoms with Crippen LogP contribution in [-0.4, -0.2) is 0 Å². The minimum absolute atomic E-state index is 0.556. The van der Waals surface area contributed by atoms with E-state index in [1.807, 2.05) is 30.3 Å². The van der Waals surface area contributed by atoms with Gasteiger partial charge in [-0.3, -0.25) is 0 Å². The van der Waals surface area contributed by atoms with Gasteiger partial charge >= 0.3 is 35.6 Å². The summed E-state index contributed by atoms with van der Waals surface area (Å²) >= 11 is -0.556. The van der Waals surface area contributed by atoms with Crippen LogP contribution in [0.4, 0.5) is 0 Å². The van der Waals surface area contributed by atoms with E-state index in [1.165, 1.54) is 22.6 Å². The zero-order valence-corrected chi connectivity index (χ0v) is 17.9. The first-order valence-electron chi connectivity index (χ1n) is 8.53. The molecule has 0 heterocycles. The summed E-state index contributed by atoms with van der Waals surface area (Å²) in [6.45, 7) is 0. The van der Waals surface area contributed by atoms with Gasteiger partial charge < -0.3 is 0 Å². The summed E-state index contributed by atoms with van der Waals surface area (Å²) in [5.74, 6) is 1.28. The minimum Gasteiger partial charge on any atom is -0.214 e. The molecule has 0 aromatic heterocycles. The maximum Gasteiger partial charge on any atom is -0.0710 e. The first-order valence-corrected chi connectivity index (χ1v) is 12.8. The molecule has 4 aromatic carbocycles. The zero-order valence-electron chi connectivity index (χ0n) is 14.8. The molecule has 0 bridgehead atoms. The molecule has 3 heteroatoms. The van der Waals surface area contributed by atoms with E-state index in [-0.39, 0.29) is 0 Å². The summed E-state index contributed by atoms with van der Waals surface area (Å²) in [4.78, 5) is 0. The van der Waals surface area contributed by atoms with Crippen LogP contribution in [-0.2, 0) is 17.0 Å². The molecule has 0 aliphatic carbocycles. The molecule has 0 amide bonds. The second kappa shape index (κ2) is 13.4. The van der Waals surface area contributed by atoms with E-state index < -0.39 is 17.0 Å². The third-order valence-corrected chi connectivity index (χ3v) is 3.74. The van der Waals surface area contributed by atoms with Crippen molar-refractivity contribution < 1.29 is 17.0 Å². The van der Waals surface area contributed by atoms with E-state index in [0.29, 0.717) is 0 Å². The standard InChI is InChI=1S/C19H15.C5H5.2ClH.Ti/c1-4-10-16(11-5-1)19(17-12-6-2-7-13-17)18-14-8-3-9-15-18;1-2-4-5-3-1;;;/h1-15H;1-5H;2*1H;/q2*-1;;;+2/p-2. The summed E-state index contributed by atoms with van der Waals surface area (Å²) in [7, 11) is 9.78. The van der Waals surface area contributed by atoms with Crippen molar-refractivity contribution in [3.05, 3.63) is 144 Å². The van der Waals surface area contributed by atoms with Crippen molar-refractivity contribution in [2.45, 2.75) is 0 Å². The fraction of sp³-hybridized carbons (Fsp3) is 0. The van der Waals surface area contributed by atoms with Crippen molar-refractivity contribution >= 4 is 18.6 Å². The smallest absolute Gasteiger partial charge is 0.0710 e. The molecule has 0 aliphatic heterocycles. The monoisotopic (exact) mass is 426 g/mol. The number of hydrogen-bond acceptors (Lipinski definition) is 0. The second-order valence-electron chi connectivity index (χ2n) is 5.51. The molecule has 0 fully saturated rings. The largest absolute Gasteiger partial charge is 0.214 e. The first kappa shape index (κ1) is 21.5. The van der Waals surface area contributed by atoms with Gasteiger partial charge in [-0.15, -0.1) is 0 Å². The second-order valence-corrected chi connectivity index (χ2v) is 8.09. The fourth-order valence-electron chi connectivity index (χ4n) is 2.64. The molecule has 136 valence electrons. The van der Waals surface area contributed by atoms with Crippen LogP contribution in [0, 0.1) is 5.92 Å². The Morgan fingerprint density at radius 3 is 1.04 bits per heavy atom. The molecule has 27 heavy (non-hydrogen) atoms. The van der Waals surface area contributed by atoms with Crippen LogP contribution in [0.5, 0.6) is 0 Å². The van der Waals surface area contributed by atoms with Crippen LogP contribution >= 0.6 is 18.6 Å². The average Bonchev–Trinajstić information content (AvgIpc) is 3.32. The number of halogens is 2. The number of benzene rings is 3. The van der Waals surface area contributed by atoms with Gasteiger partial charge in [0.2, 0.25) is 0 Å². The van der Waals surface area contributed by atoms with Crippen molar-refractivity contribution in [2.24, 2.45) is 0 Å². The number of rotatable bonds is 3. The van der Waals surface area contributed by atoms with Gasteiger partial charge in [-0.2, -0.15) is 18.2 Å². The third kappa shape index (κ3) is 7.75. The molecule has 0 N–H and O–H groups in total. The minimum atomic E-state index is -0.556. The van der Waals surface area contributed by atoms with Crippen molar-refractivity contribution in [3.63, 3.8) is 0 Å². The zero-order chi connectivity index (χ0) is 19.2. The maximum atomic E-state index is 4.89. The Balaban J connectivity index is 0.000000274. The van der Waals surface area contributed by atoms with E-state index in [1.54, 1.807) is 0 Å². The van der Waals surface area contributed by atoms with Crippen molar-refractivity contribution in [2.75, 3.05) is 0 Å². The van der Waals surface area contributed by atoms with E-state index in [4.69, 9.17) is 18.6 Å². The van der Waals surface area contributed by atoms with Crippen molar-refractivity contribution in [1.29, 1.82) is 0 Å². The Hall–Kier alpha value is -1.83. The quantitative estimate of drug-likeness (QED) is 0.181. The van der Waals surface area contributed by atoms with Crippen molar-refractivity contribution in [3.8, 4) is 0 Å². The van der Waals surface area contributed by atoms with Crippen LogP contribution in [0.15, 0.2) is 121 Å². The molecule has 0 aliphatic rings. The molecule has 0 atom stereocenters. The predicted molar refractivity (Wildman–Crippen MR) is 114 cm³/mol. The van der Waals surface area contributed by atoms with Crippen LogP contribution in [0.3, 0.4) is 0 Å².